The van der Waals surface area contributed by atoms with Gasteiger partial charge in [0.05, 0.1) is 12.7 Å². The maximum atomic E-state index is 11.5. The molecule has 1 atom stereocenters. The van der Waals surface area contributed by atoms with Crippen LogP contribution in [0.2, 0.25) is 0 Å². The standard InChI is InChI=1S/C11H11NO3/c1-15-11(14)6-2-3-7-8(4-6)10(13)5-9(7)12/h2-4,9H,5,12H2,1H3. The highest BCUT2D eigenvalue weighted by molar-refractivity contribution is 6.03. The van der Waals surface area contributed by atoms with Gasteiger partial charge in [0.1, 0.15) is 0 Å². The lowest BCUT2D eigenvalue weighted by Gasteiger charge is -2.04. The van der Waals surface area contributed by atoms with Crippen LogP contribution in [-0.2, 0) is 4.74 Å². The molecule has 1 aliphatic rings. The van der Waals surface area contributed by atoms with E-state index in [-0.39, 0.29) is 11.8 Å². The van der Waals surface area contributed by atoms with Crippen LogP contribution in [0, 0.1) is 0 Å². The Bertz CT molecular complexity index is 439. The number of ketones is 1. The SMILES string of the molecule is COC(=O)c1ccc2c(c1)C(=O)CC2N. The van der Waals surface area contributed by atoms with E-state index < -0.39 is 5.97 Å². The third-order valence-corrected chi connectivity index (χ3v) is 2.58. The Morgan fingerprint density at radius 3 is 2.93 bits per heavy atom. The van der Waals surface area contributed by atoms with E-state index in [1.807, 2.05) is 0 Å². The summed E-state index contributed by atoms with van der Waals surface area (Å²) >= 11 is 0. The van der Waals surface area contributed by atoms with Gasteiger partial charge in [0.25, 0.3) is 0 Å². The zero-order valence-electron chi connectivity index (χ0n) is 8.32. The lowest BCUT2D eigenvalue weighted by Crippen LogP contribution is -2.06. The molecule has 2 rings (SSSR count). The fourth-order valence-electron chi connectivity index (χ4n) is 1.79. The van der Waals surface area contributed by atoms with E-state index >= 15 is 0 Å². The summed E-state index contributed by atoms with van der Waals surface area (Å²) in [5.41, 5.74) is 7.51. The number of hydrogen-bond acceptors (Lipinski definition) is 4. The summed E-state index contributed by atoms with van der Waals surface area (Å²) in [6.45, 7) is 0. The maximum absolute atomic E-state index is 11.5. The van der Waals surface area contributed by atoms with Crippen molar-refractivity contribution in [3.8, 4) is 0 Å². The van der Waals surface area contributed by atoms with Gasteiger partial charge in [-0.3, -0.25) is 4.79 Å². The number of nitrogens with two attached hydrogens (primary N) is 1. The van der Waals surface area contributed by atoms with E-state index in [0.29, 0.717) is 17.5 Å². The third-order valence-electron chi connectivity index (χ3n) is 2.58. The lowest BCUT2D eigenvalue weighted by molar-refractivity contribution is 0.0600. The average Bonchev–Trinajstić information content (AvgIpc) is 2.53. The van der Waals surface area contributed by atoms with Crippen LogP contribution in [0.25, 0.3) is 0 Å². The highest BCUT2D eigenvalue weighted by Gasteiger charge is 2.27. The molecule has 15 heavy (non-hydrogen) atoms. The van der Waals surface area contributed by atoms with Gasteiger partial charge in [-0.1, -0.05) is 6.07 Å². The second-order valence-corrected chi connectivity index (χ2v) is 3.53. The minimum atomic E-state index is -0.439. The highest BCUT2D eigenvalue weighted by atomic mass is 16.5. The van der Waals surface area contributed by atoms with E-state index in [4.69, 9.17) is 5.73 Å². The fraction of sp³-hybridized carbons (Fsp3) is 0.273. The van der Waals surface area contributed by atoms with Gasteiger partial charge in [0.15, 0.2) is 5.78 Å². The summed E-state index contributed by atoms with van der Waals surface area (Å²) in [5.74, 6) is -0.450. The van der Waals surface area contributed by atoms with Crippen LogP contribution in [0.4, 0.5) is 0 Å². The lowest BCUT2D eigenvalue weighted by atomic mass is 10.0. The molecule has 0 spiro atoms. The van der Waals surface area contributed by atoms with Crippen molar-refractivity contribution in [2.75, 3.05) is 7.11 Å². The number of esters is 1. The summed E-state index contributed by atoms with van der Waals surface area (Å²) in [5, 5.41) is 0. The number of Topliss-reactive ketones (excluding diaryl/α,β-unsaturated/α-hetero) is 1. The molecule has 78 valence electrons. The molecule has 0 saturated carbocycles. The van der Waals surface area contributed by atoms with Gasteiger partial charge in [-0.2, -0.15) is 0 Å². The van der Waals surface area contributed by atoms with Crippen molar-refractivity contribution in [1.29, 1.82) is 0 Å². The van der Waals surface area contributed by atoms with Crippen LogP contribution < -0.4 is 5.73 Å². The van der Waals surface area contributed by atoms with Crippen LogP contribution in [0.5, 0.6) is 0 Å². The first-order valence-electron chi connectivity index (χ1n) is 4.64. The Morgan fingerprint density at radius 2 is 2.27 bits per heavy atom. The van der Waals surface area contributed by atoms with Crippen LogP contribution in [0.1, 0.15) is 38.7 Å². The zero-order chi connectivity index (χ0) is 11.0. The molecule has 1 unspecified atom stereocenters. The number of methoxy groups -OCH3 is 1. The molecular weight excluding hydrogens is 194 g/mol. The second kappa shape index (κ2) is 3.47. The largest absolute Gasteiger partial charge is 0.465 e. The fourth-order valence-corrected chi connectivity index (χ4v) is 1.79. The average molecular weight is 205 g/mol. The summed E-state index contributed by atoms with van der Waals surface area (Å²) in [6.07, 6.45) is 0.319. The van der Waals surface area contributed by atoms with Gasteiger partial charge in [0.2, 0.25) is 0 Å². The molecule has 0 saturated heterocycles. The smallest absolute Gasteiger partial charge is 0.337 e. The third kappa shape index (κ3) is 1.53. The van der Waals surface area contributed by atoms with Crippen molar-refractivity contribution in [2.45, 2.75) is 12.5 Å². The monoisotopic (exact) mass is 205 g/mol. The Labute approximate surface area is 87.0 Å². The van der Waals surface area contributed by atoms with Crippen molar-refractivity contribution < 1.29 is 14.3 Å². The van der Waals surface area contributed by atoms with E-state index in [2.05, 4.69) is 4.74 Å². The summed E-state index contributed by atoms with van der Waals surface area (Å²) in [6, 6.07) is 4.66. The second-order valence-electron chi connectivity index (χ2n) is 3.53. The van der Waals surface area contributed by atoms with E-state index in [9.17, 15) is 9.59 Å². The minimum Gasteiger partial charge on any atom is -0.465 e. The molecule has 0 radical (unpaired) electrons. The van der Waals surface area contributed by atoms with Crippen LogP contribution in [-0.4, -0.2) is 18.9 Å². The normalized spacial score (nSPS) is 18.8. The van der Waals surface area contributed by atoms with Crippen LogP contribution in [0.15, 0.2) is 18.2 Å². The first kappa shape index (κ1) is 9.86. The van der Waals surface area contributed by atoms with Gasteiger partial charge >= 0.3 is 5.97 Å². The Balaban J connectivity index is 2.47. The molecule has 0 heterocycles. The van der Waals surface area contributed by atoms with E-state index in [1.54, 1.807) is 18.2 Å². The topological polar surface area (TPSA) is 69.4 Å². The first-order valence-corrected chi connectivity index (χ1v) is 4.64. The predicted molar refractivity (Wildman–Crippen MR) is 53.7 cm³/mol. The van der Waals surface area contributed by atoms with E-state index in [0.717, 1.165) is 5.56 Å². The molecule has 0 aromatic heterocycles. The number of rotatable bonds is 1. The van der Waals surface area contributed by atoms with E-state index in [1.165, 1.54) is 7.11 Å². The molecule has 0 aliphatic heterocycles. The number of carbonyl (C=O) groups is 2. The Morgan fingerprint density at radius 1 is 1.53 bits per heavy atom. The van der Waals surface area contributed by atoms with Gasteiger partial charge in [-0.15, -0.1) is 0 Å². The number of hydrogen-bond donors (Lipinski definition) is 1. The molecule has 4 nitrogen and oxygen atoms in total. The molecule has 2 N–H and O–H groups in total. The van der Waals surface area contributed by atoms with Crippen LogP contribution >= 0.6 is 0 Å². The van der Waals surface area contributed by atoms with Gasteiger partial charge in [-0.05, 0) is 17.7 Å². The van der Waals surface area contributed by atoms with Crippen molar-refractivity contribution in [2.24, 2.45) is 5.73 Å². The number of ether oxygens (including phenoxy) is 1. The summed E-state index contributed by atoms with van der Waals surface area (Å²) < 4.78 is 4.58. The number of benzene rings is 1. The molecule has 4 heteroatoms. The number of carbonyl (C=O) groups excluding carboxylic acids is 2. The first-order chi connectivity index (χ1) is 7.13. The summed E-state index contributed by atoms with van der Waals surface area (Å²) in [4.78, 5) is 22.7. The van der Waals surface area contributed by atoms with Gasteiger partial charge in [0, 0.05) is 18.0 Å². The van der Waals surface area contributed by atoms with Crippen molar-refractivity contribution in [1.82, 2.24) is 0 Å². The van der Waals surface area contributed by atoms with Gasteiger partial charge < -0.3 is 10.5 Å². The summed E-state index contributed by atoms with van der Waals surface area (Å²) in [7, 11) is 1.31. The zero-order valence-corrected chi connectivity index (χ0v) is 8.32. The number of fused-ring (bicyclic) bond motifs is 1. The molecular formula is C11H11NO3. The van der Waals surface area contributed by atoms with Crippen LogP contribution in [0.3, 0.4) is 0 Å². The minimum absolute atomic E-state index is 0.0109. The van der Waals surface area contributed by atoms with Crippen molar-refractivity contribution >= 4 is 11.8 Å². The molecule has 0 fully saturated rings. The van der Waals surface area contributed by atoms with Crippen molar-refractivity contribution in [3.05, 3.63) is 34.9 Å². The quantitative estimate of drug-likeness (QED) is 0.696. The molecule has 0 bridgehead atoms. The maximum Gasteiger partial charge on any atom is 0.337 e. The van der Waals surface area contributed by atoms with Gasteiger partial charge in [-0.25, -0.2) is 4.79 Å². The molecule has 0 amide bonds. The molecule has 1 aliphatic carbocycles. The van der Waals surface area contributed by atoms with Crippen molar-refractivity contribution in [3.63, 3.8) is 0 Å². The highest BCUT2D eigenvalue weighted by Crippen LogP contribution is 2.29. The predicted octanol–water partition coefficient (Wildman–Crippen LogP) is 1.06. The molecule has 1 aromatic rings. The molecule has 1 aromatic carbocycles. The Hall–Kier alpha value is -1.68. The Kier molecular flexibility index (Phi) is 2.28.